The Morgan fingerprint density at radius 1 is 0.920 bits per heavy atom. The maximum Gasteiger partial charge on any atom is 0.331 e. The van der Waals surface area contributed by atoms with Crippen molar-refractivity contribution in [1.29, 1.82) is 0 Å². The minimum Gasteiger partial charge on any atom is -0.459 e. The van der Waals surface area contributed by atoms with Gasteiger partial charge in [0.05, 0.1) is 0 Å². The van der Waals surface area contributed by atoms with Crippen LogP contribution >= 0.6 is 0 Å². The quantitative estimate of drug-likeness (QED) is 0.522. The summed E-state index contributed by atoms with van der Waals surface area (Å²) in [5, 5.41) is 0. The van der Waals surface area contributed by atoms with Gasteiger partial charge in [0.15, 0.2) is 0 Å². The first-order chi connectivity index (χ1) is 12.1. The Balaban J connectivity index is 1.56. The van der Waals surface area contributed by atoms with Gasteiger partial charge in [0.1, 0.15) is 6.10 Å². The molecule has 0 aliphatic heterocycles. The van der Waals surface area contributed by atoms with E-state index < -0.39 is 0 Å². The van der Waals surface area contributed by atoms with E-state index in [0.29, 0.717) is 0 Å². The predicted molar refractivity (Wildman–Crippen MR) is 103 cm³/mol. The summed E-state index contributed by atoms with van der Waals surface area (Å²) in [6.07, 6.45) is 7.76. The number of benzene rings is 2. The van der Waals surface area contributed by atoms with E-state index in [1.807, 2.05) is 18.2 Å². The highest BCUT2D eigenvalue weighted by Gasteiger charge is 2.20. The van der Waals surface area contributed by atoms with Crippen LogP contribution in [0.15, 0.2) is 54.6 Å². The third-order valence-corrected chi connectivity index (χ3v) is 4.95. The van der Waals surface area contributed by atoms with E-state index in [9.17, 15) is 4.79 Å². The highest BCUT2D eigenvalue weighted by molar-refractivity contribution is 5.87. The van der Waals surface area contributed by atoms with E-state index in [4.69, 9.17) is 4.74 Å². The standard InChI is InChI=1S/C23H26O2/c1-17-3-10-20(11-4-17)21-12-7-19(8-13-21)9-16-23(24)25-22-14-5-18(2)6-15-22/h3-4,7-13,16,18,22H,5-6,14-15H2,1-2H3/b16-9+. The predicted octanol–water partition coefficient (Wildman–Crippen LogP) is 5.80. The fourth-order valence-electron chi connectivity index (χ4n) is 3.25. The Kier molecular flexibility index (Phi) is 5.70. The SMILES string of the molecule is Cc1ccc(-c2ccc(/C=C/C(=O)OC3CCC(C)CC3)cc2)cc1. The summed E-state index contributed by atoms with van der Waals surface area (Å²) < 4.78 is 5.54. The van der Waals surface area contributed by atoms with Gasteiger partial charge in [-0.25, -0.2) is 4.79 Å². The van der Waals surface area contributed by atoms with Gasteiger partial charge in [-0.15, -0.1) is 0 Å². The topological polar surface area (TPSA) is 26.3 Å². The van der Waals surface area contributed by atoms with E-state index in [-0.39, 0.29) is 12.1 Å². The molecule has 2 aromatic carbocycles. The molecule has 1 fully saturated rings. The molecule has 1 aliphatic carbocycles. The highest BCUT2D eigenvalue weighted by atomic mass is 16.5. The molecule has 0 atom stereocenters. The van der Waals surface area contributed by atoms with Gasteiger partial charge in [-0.1, -0.05) is 61.0 Å². The average molecular weight is 334 g/mol. The molecule has 2 heteroatoms. The van der Waals surface area contributed by atoms with Crippen LogP contribution in [-0.2, 0) is 9.53 Å². The minimum absolute atomic E-state index is 0.0947. The van der Waals surface area contributed by atoms with Crippen molar-refractivity contribution >= 4 is 12.0 Å². The van der Waals surface area contributed by atoms with Crippen LogP contribution in [0.25, 0.3) is 17.2 Å². The summed E-state index contributed by atoms with van der Waals surface area (Å²) in [4.78, 5) is 12.0. The second-order valence-electron chi connectivity index (χ2n) is 7.14. The van der Waals surface area contributed by atoms with E-state index in [1.165, 1.54) is 16.7 Å². The Labute approximate surface area is 150 Å². The lowest BCUT2D eigenvalue weighted by molar-refractivity contribution is -0.144. The van der Waals surface area contributed by atoms with Crippen LogP contribution in [-0.4, -0.2) is 12.1 Å². The van der Waals surface area contributed by atoms with Crippen LogP contribution in [0.1, 0.15) is 43.7 Å². The number of aryl methyl sites for hydroxylation is 1. The van der Waals surface area contributed by atoms with Gasteiger partial charge in [-0.2, -0.15) is 0 Å². The van der Waals surface area contributed by atoms with Crippen molar-refractivity contribution in [1.82, 2.24) is 0 Å². The monoisotopic (exact) mass is 334 g/mol. The van der Waals surface area contributed by atoms with E-state index in [1.54, 1.807) is 6.08 Å². The van der Waals surface area contributed by atoms with Crippen molar-refractivity contribution in [2.75, 3.05) is 0 Å². The summed E-state index contributed by atoms with van der Waals surface area (Å²) >= 11 is 0. The minimum atomic E-state index is -0.234. The van der Waals surface area contributed by atoms with E-state index in [0.717, 1.165) is 37.2 Å². The number of carbonyl (C=O) groups is 1. The molecule has 2 nitrogen and oxygen atoms in total. The molecule has 0 radical (unpaired) electrons. The molecule has 0 N–H and O–H groups in total. The smallest absolute Gasteiger partial charge is 0.331 e. The summed E-state index contributed by atoms with van der Waals surface area (Å²) in [7, 11) is 0. The summed E-state index contributed by atoms with van der Waals surface area (Å²) in [6, 6.07) is 16.7. The second kappa shape index (κ2) is 8.15. The molecule has 0 heterocycles. The summed E-state index contributed by atoms with van der Waals surface area (Å²) in [5.74, 6) is 0.528. The van der Waals surface area contributed by atoms with Crippen molar-refractivity contribution < 1.29 is 9.53 Å². The van der Waals surface area contributed by atoms with Gasteiger partial charge < -0.3 is 4.74 Å². The molecule has 2 aromatic rings. The van der Waals surface area contributed by atoms with Crippen LogP contribution in [0, 0.1) is 12.8 Å². The highest BCUT2D eigenvalue weighted by Crippen LogP contribution is 2.25. The van der Waals surface area contributed by atoms with Crippen LogP contribution in [0.5, 0.6) is 0 Å². The third kappa shape index (κ3) is 5.06. The molecule has 1 saturated carbocycles. The van der Waals surface area contributed by atoms with Crippen molar-refractivity contribution in [2.45, 2.75) is 45.6 Å². The Morgan fingerprint density at radius 3 is 2.08 bits per heavy atom. The lowest BCUT2D eigenvalue weighted by atomic mass is 9.89. The molecule has 0 amide bonds. The van der Waals surface area contributed by atoms with Crippen LogP contribution in [0.3, 0.4) is 0 Å². The Bertz CT molecular complexity index is 718. The first kappa shape index (κ1) is 17.5. The largest absolute Gasteiger partial charge is 0.459 e. The number of hydrogen-bond acceptors (Lipinski definition) is 2. The third-order valence-electron chi connectivity index (χ3n) is 4.95. The first-order valence-electron chi connectivity index (χ1n) is 9.16. The summed E-state index contributed by atoms with van der Waals surface area (Å²) in [6.45, 7) is 4.35. The Hall–Kier alpha value is -2.35. The molecular weight excluding hydrogens is 308 g/mol. The maximum absolute atomic E-state index is 12.0. The zero-order chi connectivity index (χ0) is 17.6. The van der Waals surface area contributed by atoms with Crippen LogP contribution in [0.2, 0.25) is 0 Å². The van der Waals surface area contributed by atoms with Gasteiger partial charge in [-0.3, -0.25) is 0 Å². The molecule has 1 aliphatic rings. The fraction of sp³-hybridized carbons (Fsp3) is 0.348. The zero-order valence-electron chi connectivity index (χ0n) is 15.1. The van der Waals surface area contributed by atoms with Gasteiger partial charge in [-0.05, 0) is 61.3 Å². The molecular formula is C23H26O2. The van der Waals surface area contributed by atoms with Gasteiger partial charge in [0, 0.05) is 6.08 Å². The van der Waals surface area contributed by atoms with Crippen LogP contribution < -0.4 is 0 Å². The molecule has 0 spiro atoms. The lowest BCUT2D eigenvalue weighted by Gasteiger charge is -2.25. The number of rotatable bonds is 4. The molecule has 25 heavy (non-hydrogen) atoms. The van der Waals surface area contributed by atoms with E-state index >= 15 is 0 Å². The number of hydrogen-bond donors (Lipinski definition) is 0. The van der Waals surface area contributed by atoms with Crippen molar-refractivity contribution in [2.24, 2.45) is 5.92 Å². The van der Waals surface area contributed by atoms with Gasteiger partial charge in [0.2, 0.25) is 0 Å². The zero-order valence-corrected chi connectivity index (χ0v) is 15.1. The first-order valence-corrected chi connectivity index (χ1v) is 9.16. The second-order valence-corrected chi connectivity index (χ2v) is 7.14. The number of carbonyl (C=O) groups excluding carboxylic acids is 1. The molecule has 0 aromatic heterocycles. The molecule has 130 valence electrons. The maximum atomic E-state index is 12.0. The van der Waals surface area contributed by atoms with E-state index in [2.05, 4.69) is 50.2 Å². The normalized spacial score (nSPS) is 20.6. The van der Waals surface area contributed by atoms with Gasteiger partial charge >= 0.3 is 5.97 Å². The molecule has 0 saturated heterocycles. The number of esters is 1. The van der Waals surface area contributed by atoms with Gasteiger partial charge in [0.25, 0.3) is 0 Å². The molecule has 0 bridgehead atoms. The number of ether oxygens (including phenoxy) is 1. The lowest BCUT2D eigenvalue weighted by Crippen LogP contribution is -2.22. The van der Waals surface area contributed by atoms with Crippen LogP contribution in [0.4, 0.5) is 0 Å². The fourth-order valence-corrected chi connectivity index (χ4v) is 3.25. The van der Waals surface area contributed by atoms with Crippen molar-refractivity contribution in [3.63, 3.8) is 0 Å². The molecule has 0 unspecified atom stereocenters. The molecule has 3 rings (SSSR count). The van der Waals surface area contributed by atoms with Crippen molar-refractivity contribution in [3.8, 4) is 11.1 Å². The average Bonchev–Trinajstić information content (AvgIpc) is 2.63. The summed E-state index contributed by atoms with van der Waals surface area (Å²) in [5.41, 5.74) is 4.64. The Morgan fingerprint density at radius 2 is 1.48 bits per heavy atom. The van der Waals surface area contributed by atoms with Crippen molar-refractivity contribution in [3.05, 3.63) is 65.7 Å².